The van der Waals surface area contributed by atoms with Gasteiger partial charge in [0.2, 0.25) is 0 Å². The van der Waals surface area contributed by atoms with Crippen molar-refractivity contribution in [1.82, 2.24) is 0 Å². The number of benzene rings is 2. The highest BCUT2D eigenvalue weighted by molar-refractivity contribution is 7.20. The summed E-state index contributed by atoms with van der Waals surface area (Å²) in [4.78, 5) is 10.2. The summed E-state index contributed by atoms with van der Waals surface area (Å²) in [7, 11) is 1.93. The van der Waals surface area contributed by atoms with E-state index in [0.717, 1.165) is 17.8 Å². The van der Waals surface area contributed by atoms with Crippen LogP contribution in [0.2, 0.25) is 0 Å². The first-order valence-electron chi connectivity index (χ1n) is 9.73. The molecule has 1 N–H and O–H groups in total. The Kier molecular flexibility index (Phi) is 7.14. The number of anilines is 1. The Morgan fingerprint density at radius 2 is 1.69 bits per heavy atom. The molecule has 4 heteroatoms. The van der Waals surface area contributed by atoms with Gasteiger partial charge in [0.25, 0.3) is 0 Å². The normalized spacial score (nSPS) is 16.8. The largest absolute Gasteiger partial charge is 0.388 e. The molecule has 148 valence electrons. The van der Waals surface area contributed by atoms with Crippen LogP contribution in [0.1, 0.15) is 30.7 Å². The van der Waals surface area contributed by atoms with Gasteiger partial charge in [-0.1, -0.05) is 36.4 Å². The van der Waals surface area contributed by atoms with Gasteiger partial charge >= 0.3 is 0 Å². The zero-order valence-electron chi connectivity index (χ0n) is 17.4. The molecule has 0 aliphatic carbocycles. The Labute approximate surface area is 177 Å². The molecule has 0 saturated heterocycles. The Hall–Kier alpha value is -2.98. The van der Waals surface area contributed by atoms with E-state index in [1.165, 1.54) is 31.8 Å². The first kappa shape index (κ1) is 20.7. The lowest BCUT2D eigenvalue weighted by molar-refractivity contribution is 1.37. The van der Waals surface area contributed by atoms with Crippen LogP contribution >= 0.6 is 11.3 Å². The maximum absolute atomic E-state index is 4.54. The summed E-state index contributed by atoms with van der Waals surface area (Å²) in [6.45, 7) is 6.07. The van der Waals surface area contributed by atoms with Gasteiger partial charge in [0.1, 0.15) is 0 Å². The molecule has 4 rings (SSSR count). The molecule has 0 saturated carbocycles. The monoisotopic (exact) mass is 401 g/mol. The van der Waals surface area contributed by atoms with Crippen LogP contribution in [-0.2, 0) is 0 Å². The Morgan fingerprint density at radius 1 is 0.897 bits per heavy atom. The lowest BCUT2D eigenvalue weighted by Crippen LogP contribution is -2.03. The average Bonchev–Trinajstić information content (AvgIpc) is 3.19. The van der Waals surface area contributed by atoms with Gasteiger partial charge in [-0.2, -0.15) is 0 Å². The van der Waals surface area contributed by atoms with E-state index in [9.17, 15) is 0 Å². The number of rotatable bonds is 2. The molecule has 0 atom stereocenters. The van der Waals surface area contributed by atoms with Crippen molar-refractivity contribution in [3.05, 3.63) is 83.5 Å². The standard InChI is InChI=1S/C17H16N2S.C8H11N/c1-12-13(2)19-11-15(7-5-9-18-12)17-10-14-6-3-4-8-16(14)20-17;1-7-4-3-5-8(6-7)9-2/h3-6,8-11H,7H2,1-2H3;3-6,9H,1-2H3/b9-5-,15-11+,18-12?,19-13?;. The predicted molar refractivity (Wildman–Crippen MR) is 131 cm³/mol. The Balaban J connectivity index is 0.000000224. The summed E-state index contributed by atoms with van der Waals surface area (Å²) in [5.41, 5.74) is 5.65. The second-order valence-electron chi connectivity index (χ2n) is 6.94. The highest BCUT2D eigenvalue weighted by Crippen LogP contribution is 2.32. The molecule has 0 bridgehead atoms. The summed E-state index contributed by atoms with van der Waals surface area (Å²) in [5, 5.41) is 4.36. The fourth-order valence-electron chi connectivity index (χ4n) is 2.86. The van der Waals surface area contributed by atoms with Crippen LogP contribution in [-0.4, -0.2) is 18.5 Å². The minimum absolute atomic E-state index is 0.861. The summed E-state index contributed by atoms with van der Waals surface area (Å²) in [6, 6.07) is 19.0. The molecule has 1 aliphatic rings. The van der Waals surface area contributed by atoms with Crippen LogP contribution in [0.4, 0.5) is 5.69 Å². The summed E-state index contributed by atoms with van der Waals surface area (Å²) in [5.74, 6) is 0. The van der Waals surface area contributed by atoms with Crippen LogP contribution in [0.3, 0.4) is 0 Å². The fourth-order valence-corrected chi connectivity index (χ4v) is 3.94. The van der Waals surface area contributed by atoms with Crippen molar-refractivity contribution in [3.8, 4) is 0 Å². The van der Waals surface area contributed by atoms with E-state index in [1.54, 1.807) is 0 Å². The second-order valence-corrected chi connectivity index (χ2v) is 8.02. The minimum Gasteiger partial charge on any atom is -0.388 e. The first-order valence-corrected chi connectivity index (χ1v) is 10.5. The highest BCUT2D eigenvalue weighted by Gasteiger charge is 2.07. The van der Waals surface area contributed by atoms with E-state index in [4.69, 9.17) is 0 Å². The third-order valence-electron chi connectivity index (χ3n) is 4.70. The topological polar surface area (TPSA) is 36.8 Å². The summed E-state index contributed by atoms with van der Waals surface area (Å²) >= 11 is 1.82. The third kappa shape index (κ3) is 5.75. The molecule has 3 aromatic rings. The van der Waals surface area contributed by atoms with Crippen molar-refractivity contribution < 1.29 is 0 Å². The van der Waals surface area contributed by atoms with Gasteiger partial charge in [-0.15, -0.1) is 11.3 Å². The van der Waals surface area contributed by atoms with Gasteiger partial charge in [-0.05, 0) is 68.0 Å². The van der Waals surface area contributed by atoms with Crippen molar-refractivity contribution in [2.45, 2.75) is 27.2 Å². The number of hydrogen-bond acceptors (Lipinski definition) is 4. The number of fused-ring (bicyclic) bond motifs is 1. The Morgan fingerprint density at radius 3 is 2.41 bits per heavy atom. The smallest absolute Gasteiger partial charge is 0.0584 e. The number of aryl methyl sites for hydroxylation is 1. The van der Waals surface area contributed by atoms with Crippen LogP contribution in [0.15, 0.2) is 83.1 Å². The van der Waals surface area contributed by atoms with Gasteiger partial charge in [0.15, 0.2) is 0 Å². The molecule has 3 nitrogen and oxygen atoms in total. The van der Waals surface area contributed by atoms with E-state index in [0.29, 0.717) is 0 Å². The number of nitrogens with one attached hydrogen (secondary N) is 1. The third-order valence-corrected chi connectivity index (χ3v) is 5.89. The molecule has 29 heavy (non-hydrogen) atoms. The van der Waals surface area contributed by atoms with E-state index in [2.05, 4.69) is 70.8 Å². The van der Waals surface area contributed by atoms with Crippen LogP contribution in [0, 0.1) is 6.92 Å². The SMILES string of the molecule is CC1=N/C=C\C/C(c2cc3ccccc3s2)=C\N=C1C.CNc1cccc(C)c1. The highest BCUT2D eigenvalue weighted by atomic mass is 32.1. The minimum atomic E-state index is 0.861. The van der Waals surface area contributed by atoms with Gasteiger partial charge in [0.05, 0.1) is 11.4 Å². The van der Waals surface area contributed by atoms with Crippen LogP contribution in [0.25, 0.3) is 15.7 Å². The number of allylic oxidation sites excluding steroid dienone is 2. The predicted octanol–water partition coefficient (Wildman–Crippen LogP) is 7.12. The molecular weight excluding hydrogens is 374 g/mol. The Bertz CT molecular complexity index is 1070. The van der Waals surface area contributed by atoms with E-state index in [1.807, 2.05) is 56.8 Å². The lowest BCUT2D eigenvalue weighted by atomic mass is 10.1. The second kappa shape index (κ2) is 9.99. The molecule has 0 amide bonds. The number of thiophene rings is 1. The van der Waals surface area contributed by atoms with Crippen molar-refractivity contribution in [2.24, 2.45) is 9.98 Å². The van der Waals surface area contributed by atoms with Crippen molar-refractivity contribution in [3.63, 3.8) is 0 Å². The average molecular weight is 402 g/mol. The molecule has 1 aliphatic heterocycles. The van der Waals surface area contributed by atoms with E-state index in [-0.39, 0.29) is 0 Å². The fraction of sp³-hybridized carbons (Fsp3) is 0.200. The zero-order chi connectivity index (χ0) is 20.6. The molecule has 0 unspecified atom stereocenters. The molecule has 0 spiro atoms. The van der Waals surface area contributed by atoms with Crippen molar-refractivity contribution >= 4 is 44.1 Å². The molecule has 0 radical (unpaired) electrons. The maximum Gasteiger partial charge on any atom is 0.0584 e. The van der Waals surface area contributed by atoms with E-state index >= 15 is 0 Å². The quantitative estimate of drug-likeness (QED) is 0.488. The maximum atomic E-state index is 4.54. The lowest BCUT2D eigenvalue weighted by Gasteiger charge is -1.99. The van der Waals surface area contributed by atoms with Crippen LogP contribution < -0.4 is 5.32 Å². The van der Waals surface area contributed by atoms with Crippen LogP contribution in [0.5, 0.6) is 0 Å². The van der Waals surface area contributed by atoms with Crippen molar-refractivity contribution in [2.75, 3.05) is 12.4 Å². The van der Waals surface area contributed by atoms with Gasteiger partial charge in [-0.3, -0.25) is 9.98 Å². The van der Waals surface area contributed by atoms with E-state index < -0.39 is 0 Å². The van der Waals surface area contributed by atoms with Gasteiger partial charge in [-0.25, -0.2) is 0 Å². The molecule has 0 fully saturated rings. The van der Waals surface area contributed by atoms with Gasteiger partial charge < -0.3 is 5.32 Å². The molecule has 1 aromatic heterocycles. The first-order chi connectivity index (χ1) is 14.1. The number of hydrogen-bond donors (Lipinski definition) is 1. The van der Waals surface area contributed by atoms with Crippen molar-refractivity contribution in [1.29, 1.82) is 0 Å². The molecular formula is C25H27N3S. The summed E-state index contributed by atoms with van der Waals surface area (Å²) < 4.78 is 1.32. The number of nitrogens with zero attached hydrogens (tertiary/aromatic N) is 2. The van der Waals surface area contributed by atoms with Gasteiger partial charge in [0, 0.05) is 34.7 Å². The molecule has 2 aromatic carbocycles. The zero-order valence-corrected chi connectivity index (χ0v) is 18.3. The summed E-state index contributed by atoms with van der Waals surface area (Å²) in [6.07, 6.45) is 6.81. The molecule has 2 heterocycles. The number of aliphatic imine (C=N–C) groups is 2.